The minimum absolute atomic E-state index is 0.122. The van der Waals surface area contributed by atoms with Crippen LogP contribution < -0.4 is 0 Å². The van der Waals surface area contributed by atoms with Crippen LogP contribution in [-0.4, -0.2) is 61.1 Å². The van der Waals surface area contributed by atoms with Crippen LogP contribution in [-0.2, 0) is 16.0 Å². The largest absolute Gasteiger partial charge is 0.379 e. The lowest BCUT2D eigenvalue weighted by Gasteiger charge is -2.34. The van der Waals surface area contributed by atoms with Crippen LogP contribution in [0.2, 0.25) is 0 Å². The SMILES string of the molecule is CC[C@@H]1CN(C(=O)[C@H](C)Cc2cccc(F)c2)C[C@@H]1N1CCOCC1. The Morgan fingerprint density at radius 3 is 2.76 bits per heavy atom. The highest BCUT2D eigenvalue weighted by molar-refractivity contribution is 5.79. The molecule has 5 heteroatoms. The first-order chi connectivity index (χ1) is 12.1. The summed E-state index contributed by atoms with van der Waals surface area (Å²) < 4.78 is 18.8. The molecule has 1 aromatic carbocycles. The Kier molecular flexibility index (Phi) is 6.07. The normalized spacial score (nSPS) is 26.0. The molecular formula is C20H29FN2O2. The van der Waals surface area contributed by atoms with Crippen molar-refractivity contribution in [3.8, 4) is 0 Å². The summed E-state index contributed by atoms with van der Waals surface area (Å²) in [5, 5.41) is 0. The topological polar surface area (TPSA) is 32.8 Å². The minimum Gasteiger partial charge on any atom is -0.379 e. The summed E-state index contributed by atoms with van der Waals surface area (Å²) in [4.78, 5) is 17.4. The molecule has 1 aromatic rings. The van der Waals surface area contributed by atoms with E-state index in [1.165, 1.54) is 12.1 Å². The van der Waals surface area contributed by atoms with E-state index >= 15 is 0 Å². The van der Waals surface area contributed by atoms with Crippen LogP contribution in [0, 0.1) is 17.7 Å². The van der Waals surface area contributed by atoms with E-state index in [0.717, 1.165) is 51.4 Å². The van der Waals surface area contributed by atoms with Crippen molar-refractivity contribution in [2.24, 2.45) is 11.8 Å². The lowest BCUT2D eigenvalue weighted by molar-refractivity contribution is -0.134. The lowest BCUT2D eigenvalue weighted by atomic mass is 9.99. The van der Waals surface area contributed by atoms with E-state index in [1.807, 2.05) is 17.9 Å². The van der Waals surface area contributed by atoms with Gasteiger partial charge >= 0.3 is 0 Å². The third-order valence-electron chi connectivity index (χ3n) is 5.61. The molecule has 0 bridgehead atoms. The number of morpholine rings is 1. The molecule has 0 saturated carbocycles. The summed E-state index contributed by atoms with van der Waals surface area (Å²) in [5.74, 6) is 0.362. The fourth-order valence-corrected chi connectivity index (χ4v) is 4.17. The quantitative estimate of drug-likeness (QED) is 0.820. The van der Waals surface area contributed by atoms with Crippen molar-refractivity contribution in [3.05, 3.63) is 35.6 Å². The number of carbonyl (C=O) groups excluding carboxylic acids is 1. The van der Waals surface area contributed by atoms with Gasteiger partial charge in [0.25, 0.3) is 0 Å². The van der Waals surface area contributed by atoms with Gasteiger partial charge in [-0.15, -0.1) is 0 Å². The summed E-state index contributed by atoms with van der Waals surface area (Å²) in [7, 11) is 0. The molecule has 25 heavy (non-hydrogen) atoms. The molecule has 2 aliphatic heterocycles. The third-order valence-corrected chi connectivity index (χ3v) is 5.61. The van der Waals surface area contributed by atoms with Crippen LogP contribution >= 0.6 is 0 Å². The van der Waals surface area contributed by atoms with E-state index in [0.29, 0.717) is 18.4 Å². The van der Waals surface area contributed by atoms with Gasteiger partial charge in [-0.1, -0.05) is 32.4 Å². The Morgan fingerprint density at radius 1 is 1.32 bits per heavy atom. The third kappa shape index (κ3) is 4.39. The van der Waals surface area contributed by atoms with E-state index < -0.39 is 0 Å². The van der Waals surface area contributed by atoms with Crippen LogP contribution in [0.5, 0.6) is 0 Å². The number of likely N-dealkylation sites (tertiary alicyclic amines) is 1. The van der Waals surface area contributed by atoms with Gasteiger partial charge in [-0.05, 0) is 30.0 Å². The second kappa shape index (κ2) is 8.28. The van der Waals surface area contributed by atoms with E-state index in [4.69, 9.17) is 4.74 Å². The molecule has 0 aliphatic carbocycles. The highest BCUT2D eigenvalue weighted by Crippen LogP contribution is 2.27. The van der Waals surface area contributed by atoms with Crippen molar-refractivity contribution in [1.29, 1.82) is 0 Å². The number of rotatable bonds is 5. The van der Waals surface area contributed by atoms with Crippen molar-refractivity contribution < 1.29 is 13.9 Å². The van der Waals surface area contributed by atoms with Crippen molar-refractivity contribution >= 4 is 5.91 Å². The first-order valence-electron chi connectivity index (χ1n) is 9.43. The minimum atomic E-state index is -0.239. The fraction of sp³-hybridized carbons (Fsp3) is 0.650. The van der Waals surface area contributed by atoms with Gasteiger partial charge in [0.2, 0.25) is 5.91 Å². The molecule has 138 valence electrons. The molecule has 2 aliphatic rings. The number of carbonyl (C=O) groups is 1. The number of amides is 1. The maximum absolute atomic E-state index is 13.4. The van der Waals surface area contributed by atoms with Gasteiger partial charge in [-0.2, -0.15) is 0 Å². The molecule has 0 aromatic heterocycles. The summed E-state index contributed by atoms with van der Waals surface area (Å²) in [6.45, 7) is 9.31. The van der Waals surface area contributed by atoms with Gasteiger partial charge in [-0.3, -0.25) is 9.69 Å². The Labute approximate surface area is 149 Å². The molecular weight excluding hydrogens is 319 g/mol. The molecule has 0 N–H and O–H groups in total. The van der Waals surface area contributed by atoms with E-state index in [-0.39, 0.29) is 17.6 Å². The van der Waals surface area contributed by atoms with Crippen molar-refractivity contribution in [2.45, 2.75) is 32.7 Å². The smallest absolute Gasteiger partial charge is 0.225 e. The van der Waals surface area contributed by atoms with Crippen molar-refractivity contribution in [1.82, 2.24) is 9.80 Å². The number of hydrogen-bond donors (Lipinski definition) is 0. The Hall–Kier alpha value is -1.46. The first kappa shape index (κ1) is 18.3. The van der Waals surface area contributed by atoms with Crippen LogP contribution in [0.15, 0.2) is 24.3 Å². The van der Waals surface area contributed by atoms with E-state index in [9.17, 15) is 9.18 Å². The maximum Gasteiger partial charge on any atom is 0.225 e. The molecule has 3 atom stereocenters. The summed E-state index contributed by atoms with van der Waals surface area (Å²) in [6, 6.07) is 7.01. The Balaban J connectivity index is 1.61. The Morgan fingerprint density at radius 2 is 2.08 bits per heavy atom. The Bertz CT molecular complexity index is 589. The standard InChI is InChI=1S/C20H29FN2O2/c1-3-17-13-23(14-19(17)22-7-9-25-10-8-22)20(24)15(2)11-16-5-4-6-18(21)12-16/h4-6,12,15,17,19H,3,7-11,13-14H2,1-2H3/t15-,17-,19+/m1/s1. The second-order valence-corrected chi connectivity index (χ2v) is 7.36. The van der Waals surface area contributed by atoms with Gasteiger partial charge in [-0.25, -0.2) is 4.39 Å². The van der Waals surface area contributed by atoms with Crippen LogP contribution in [0.25, 0.3) is 0 Å². The molecule has 2 saturated heterocycles. The molecule has 1 amide bonds. The van der Waals surface area contributed by atoms with Crippen LogP contribution in [0.4, 0.5) is 4.39 Å². The molecule has 0 radical (unpaired) electrons. The summed E-state index contributed by atoms with van der Waals surface area (Å²) in [6.07, 6.45) is 1.68. The summed E-state index contributed by atoms with van der Waals surface area (Å²) in [5.41, 5.74) is 0.886. The molecule has 4 nitrogen and oxygen atoms in total. The first-order valence-corrected chi connectivity index (χ1v) is 9.43. The number of hydrogen-bond acceptors (Lipinski definition) is 3. The molecule has 2 heterocycles. The fourth-order valence-electron chi connectivity index (χ4n) is 4.17. The molecule has 0 spiro atoms. The zero-order valence-electron chi connectivity index (χ0n) is 15.3. The van der Waals surface area contributed by atoms with Gasteiger partial charge in [0.05, 0.1) is 13.2 Å². The predicted molar refractivity (Wildman–Crippen MR) is 95.8 cm³/mol. The number of ether oxygens (including phenoxy) is 1. The van der Waals surface area contributed by atoms with Gasteiger partial charge < -0.3 is 9.64 Å². The molecule has 0 unspecified atom stereocenters. The highest BCUT2D eigenvalue weighted by atomic mass is 19.1. The zero-order chi connectivity index (χ0) is 17.8. The van der Waals surface area contributed by atoms with Gasteiger partial charge in [0, 0.05) is 38.1 Å². The highest BCUT2D eigenvalue weighted by Gasteiger charge is 2.38. The number of halogens is 1. The van der Waals surface area contributed by atoms with E-state index in [1.54, 1.807) is 6.07 Å². The van der Waals surface area contributed by atoms with Crippen molar-refractivity contribution in [2.75, 3.05) is 39.4 Å². The predicted octanol–water partition coefficient (Wildman–Crippen LogP) is 2.57. The van der Waals surface area contributed by atoms with E-state index in [2.05, 4.69) is 11.8 Å². The average Bonchev–Trinajstić information content (AvgIpc) is 3.06. The maximum atomic E-state index is 13.4. The van der Waals surface area contributed by atoms with Crippen LogP contribution in [0.1, 0.15) is 25.8 Å². The summed E-state index contributed by atoms with van der Waals surface area (Å²) >= 11 is 0. The molecule has 2 fully saturated rings. The monoisotopic (exact) mass is 348 g/mol. The number of nitrogens with zero attached hydrogens (tertiary/aromatic N) is 2. The lowest BCUT2D eigenvalue weighted by Crippen LogP contribution is -2.47. The van der Waals surface area contributed by atoms with Crippen LogP contribution in [0.3, 0.4) is 0 Å². The number of benzene rings is 1. The van der Waals surface area contributed by atoms with Gasteiger partial charge in [0.1, 0.15) is 5.82 Å². The van der Waals surface area contributed by atoms with Crippen molar-refractivity contribution in [3.63, 3.8) is 0 Å². The average molecular weight is 348 g/mol. The zero-order valence-corrected chi connectivity index (χ0v) is 15.3. The van der Waals surface area contributed by atoms with Gasteiger partial charge in [0.15, 0.2) is 0 Å². The molecule has 3 rings (SSSR count). The second-order valence-electron chi connectivity index (χ2n) is 7.36.